The van der Waals surface area contributed by atoms with Crippen molar-refractivity contribution in [3.63, 3.8) is 0 Å². The SMILES string of the molecule is O=C(CN1CCOCC1)Nc1ccc2c(-c3ccoc3)ccnc2c1O. The second kappa shape index (κ2) is 7.15. The number of anilines is 1. The van der Waals surface area contributed by atoms with E-state index in [1.54, 1.807) is 24.8 Å². The van der Waals surface area contributed by atoms with Gasteiger partial charge in [-0.25, -0.2) is 0 Å². The average Bonchev–Trinajstić information content (AvgIpc) is 3.19. The van der Waals surface area contributed by atoms with Crippen molar-refractivity contribution >= 4 is 22.5 Å². The first-order valence-electron chi connectivity index (χ1n) is 8.45. The first-order valence-corrected chi connectivity index (χ1v) is 8.45. The van der Waals surface area contributed by atoms with Crippen LogP contribution < -0.4 is 5.32 Å². The fraction of sp³-hybridized carbons (Fsp3) is 0.263. The molecular formula is C19H19N3O4. The molecule has 0 aliphatic carbocycles. The number of phenolic OH excluding ortho intramolecular Hbond substituents is 1. The number of aromatic hydroxyl groups is 1. The van der Waals surface area contributed by atoms with E-state index in [0.717, 1.165) is 29.6 Å². The van der Waals surface area contributed by atoms with E-state index < -0.39 is 0 Å². The molecule has 7 heteroatoms. The first-order chi connectivity index (χ1) is 12.7. The highest BCUT2D eigenvalue weighted by atomic mass is 16.5. The minimum Gasteiger partial charge on any atom is -0.504 e. The Bertz CT molecular complexity index is 918. The largest absolute Gasteiger partial charge is 0.504 e. The van der Waals surface area contributed by atoms with E-state index in [4.69, 9.17) is 9.15 Å². The highest BCUT2D eigenvalue weighted by molar-refractivity contribution is 6.03. The molecule has 4 rings (SSSR count). The van der Waals surface area contributed by atoms with Crippen LogP contribution >= 0.6 is 0 Å². The Morgan fingerprint density at radius 1 is 1.23 bits per heavy atom. The molecule has 0 saturated carbocycles. The maximum Gasteiger partial charge on any atom is 0.238 e. The molecule has 2 N–H and O–H groups in total. The minimum atomic E-state index is -0.174. The summed E-state index contributed by atoms with van der Waals surface area (Å²) >= 11 is 0. The Labute approximate surface area is 150 Å². The number of carbonyl (C=O) groups is 1. The van der Waals surface area contributed by atoms with Crippen LogP contribution in [0.3, 0.4) is 0 Å². The smallest absolute Gasteiger partial charge is 0.238 e. The number of pyridine rings is 1. The summed E-state index contributed by atoms with van der Waals surface area (Å²) in [5.74, 6) is -0.212. The molecule has 0 unspecified atom stereocenters. The van der Waals surface area contributed by atoms with Crippen LogP contribution in [0.1, 0.15) is 0 Å². The predicted octanol–water partition coefficient (Wildman–Crippen LogP) is 2.47. The van der Waals surface area contributed by atoms with Crippen molar-refractivity contribution in [3.05, 3.63) is 43.0 Å². The van der Waals surface area contributed by atoms with Gasteiger partial charge in [0.15, 0.2) is 5.75 Å². The van der Waals surface area contributed by atoms with Crippen molar-refractivity contribution in [2.24, 2.45) is 0 Å². The first kappa shape index (κ1) is 16.6. The molecule has 1 fully saturated rings. The molecule has 1 amide bonds. The molecular weight excluding hydrogens is 334 g/mol. The van der Waals surface area contributed by atoms with Crippen LogP contribution in [0.25, 0.3) is 22.0 Å². The standard InChI is InChI=1S/C19H19N3O4/c23-17(11-22-6-9-25-10-7-22)21-16-2-1-15-14(13-4-8-26-12-13)3-5-20-18(15)19(16)24/h1-5,8,12,24H,6-7,9-11H2,(H,21,23). The van der Waals surface area contributed by atoms with E-state index in [0.29, 0.717) is 24.4 Å². The van der Waals surface area contributed by atoms with Gasteiger partial charge in [-0.1, -0.05) is 0 Å². The Morgan fingerprint density at radius 3 is 2.85 bits per heavy atom. The van der Waals surface area contributed by atoms with Crippen LogP contribution in [0, 0.1) is 0 Å². The summed E-state index contributed by atoms with van der Waals surface area (Å²) in [5, 5.41) is 14.2. The summed E-state index contributed by atoms with van der Waals surface area (Å²) in [7, 11) is 0. The molecule has 7 nitrogen and oxygen atoms in total. The van der Waals surface area contributed by atoms with Crippen molar-refractivity contribution in [2.75, 3.05) is 38.2 Å². The van der Waals surface area contributed by atoms with Gasteiger partial charge >= 0.3 is 0 Å². The Hall–Kier alpha value is -2.90. The summed E-state index contributed by atoms with van der Waals surface area (Å²) in [6, 6.07) is 7.25. The van der Waals surface area contributed by atoms with Crippen LogP contribution in [0.2, 0.25) is 0 Å². The number of nitrogens with zero attached hydrogens (tertiary/aromatic N) is 2. The molecule has 1 aliphatic heterocycles. The molecule has 134 valence electrons. The van der Waals surface area contributed by atoms with Crippen molar-refractivity contribution in [1.29, 1.82) is 0 Å². The number of nitrogens with one attached hydrogen (secondary N) is 1. The summed E-state index contributed by atoms with van der Waals surface area (Å²) in [4.78, 5) is 18.6. The van der Waals surface area contributed by atoms with Gasteiger partial charge < -0.3 is 19.6 Å². The lowest BCUT2D eigenvalue weighted by atomic mass is 10.0. The molecule has 1 aliphatic rings. The zero-order valence-electron chi connectivity index (χ0n) is 14.1. The molecule has 0 bridgehead atoms. The van der Waals surface area contributed by atoms with Gasteiger partial charge in [-0.3, -0.25) is 14.7 Å². The van der Waals surface area contributed by atoms with Crippen LogP contribution in [0.5, 0.6) is 5.75 Å². The molecule has 26 heavy (non-hydrogen) atoms. The number of amides is 1. The van der Waals surface area contributed by atoms with Gasteiger partial charge in [0, 0.05) is 30.2 Å². The number of carbonyl (C=O) groups excluding carboxylic acids is 1. The van der Waals surface area contributed by atoms with Crippen LogP contribution in [0.15, 0.2) is 47.4 Å². The van der Waals surface area contributed by atoms with Gasteiger partial charge in [-0.15, -0.1) is 0 Å². The highest BCUT2D eigenvalue weighted by Gasteiger charge is 2.17. The number of benzene rings is 1. The maximum absolute atomic E-state index is 12.3. The van der Waals surface area contributed by atoms with E-state index in [9.17, 15) is 9.90 Å². The van der Waals surface area contributed by atoms with Gasteiger partial charge in [-0.2, -0.15) is 0 Å². The van der Waals surface area contributed by atoms with Gasteiger partial charge in [-0.05, 0) is 29.8 Å². The summed E-state index contributed by atoms with van der Waals surface area (Å²) in [6.07, 6.45) is 4.87. The fourth-order valence-corrected chi connectivity index (χ4v) is 3.13. The van der Waals surface area contributed by atoms with Gasteiger partial charge in [0.25, 0.3) is 0 Å². The number of fused-ring (bicyclic) bond motifs is 1. The highest BCUT2D eigenvalue weighted by Crippen LogP contribution is 2.36. The maximum atomic E-state index is 12.3. The van der Waals surface area contributed by atoms with Crippen molar-refractivity contribution < 1.29 is 19.1 Å². The second-order valence-electron chi connectivity index (χ2n) is 6.17. The summed E-state index contributed by atoms with van der Waals surface area (Å²) < 4.78 is 10.4. The third kappa shape index (κ3) is 3.26. The number of rotatable bonds is 4. The van der Waals surface area contributed by atoms with Crippen molar-refractivity contribution in [1.82, 2.24) is 9.88 Å². The topological polar surface area (TPSA) is 87.8 Å². The third-order valence-corrected chi connectivity index (χ3v) is 4.46. The van der Waals surface area contributed by atoms with Gasteiger partial charge in [0.05, 0.1) is 38.0 Å². The summed E-state index contributed by atoms with van der Waals surface area (Å²) in [5.41, 5.74) is 2.60. The summed E-state index contributed by atoms with van der Waals surface area (Å²) in [6.45, 7) is 2.99. The quantitative estimate of drug-likeness (QED) is 0.701. The van der Waals surface area contributed by atoms with E-state index in [2.05, 4.69) is 10.3 Å². The molecule has 0 radical (unpaired) electrons. The lowest BCUT2D eigenvalue weighted by Gasteiger charge is -2.25. The average molecular weight is 353 g/mol. The van der Waals surface area contributed by atoms with Gasteiger partial charge in [0.2, 0.25) is 5.91 Å². The van der Waals surface area contributed by atoms with E-state index in [1.807, 2.05) is 23.1 Å². The lowest BCUT2D eigenvalue weighted by Crippen LogP contribution is -2.41. The Morgan fingerprint density at radius 2 is 2.08 bits per heavy atom. The number of aromatic nitrogens is 1. The van der Waals surface area contributed by atoms with Crippen LogP contribution in [-0.2, 0) is 9.53 Å². The lowest BCUT2D eigenvalue weighted by molar-refractivity contribution is -0.118. The van der Waals surface area contributed by atoms with Crippen LogP contribution in [-0.4, -0.2) is 53.7 Å². The fourth-order valence-electron chi connectivity index (χ4n) is 3.13. The zero-order valence-corrected chi connectivity index (χ0v) is 14.1. The minimum absolute atomic E-state index is 0.0387. The third-order valence-electron chi connectivity index (χ3n) is 4.46. The molecule has 1 aromatic carbocycles. The molecule has 0 spiro atoms. The Kier molecular flexibility index (Phi) is 4.55. The zero-order chi connectivity index (χ0) is 17.9. The molecule has 3 heterocycles. The number of ether oxygens (including phenoxy) is 1. The monoisotopic (exact) mass is 353 g/mol. The van der Waals surface area contributed by atoms with Crippen LogP contribution in [0.4, 0.5) is 5.69 Å². The number of hydrogen-bond donors (Lipinski definition) is 2. The number of morpholine rings is 1. The predicted molar refractivity (Wildman–Crippen MR) is 97.0 cm³/mol. The number of furan rings is 1. The van der Waals surface area contributed by atoms with E-state index >= 15 is 0 Å². The second-order valence-corrected chi connectivity index (χ2v) is 6.17. The van der Waals surface area contributed by atoms with Crippen molar-refractivity contribution in [3.8, 4) is 16.9 Å². The van der Waals surface area contributed by atoms with Crippen molar-refractivity contribution in [2.45, 2.75) is 0 Å². The molecule has 2 aromatic heterocycles. The van der Waals surface area contributed by atoms with Gasteiger partial charge in [0.1, 0.15) is 5.52 Å². The Balaban J connectivity index is 1.59. The normalized spacial score (nSPS) is 15.2. The number of hydrogen-bond acceptors (Lipinski definition) is 6. The molecule has 0 atom stereocenters. The molecule has 1 saturated heterocycles. The van der Waals surface area contributed by atoms with E-state index in [1.165, 1.54) is 0 Å². The number of phenols is 1. The van der Waals surface area contributed by atoms with E-state index in [-0.39, 0.29) is 18.2 Å². The molecule has 3 aromatic rings.